The van der Waals surface area contributed by atoms with Crippen LogP contribution in [-0.4, -0.2) is 25.6 Å². The molecule has 0 bridgehead atoms. The Hall–Kier alpha value is -1.48. The summed E-state index contributed by atoms with van der Waals surface area (Å²) in [6.45, 7) is 1.69. The molecule has 0 spiro atoms. The van der Waals surface area contributed by atoms with Gasteiger partial charge in [-0.1, -0.05) is 6.07 Å². The molecule has 0 unspecified atom stereocenters. The Morgan fingerprint density at radius 1 is 1.43 bits per heavy atom. The molecule has 2 aromatic heterocycles. The second kappa shape index (κ2) is 6.52. The van der Waals surface area contributed by atoms with Crippen LogP contribution in [0.1, 0.15) is 15.3 Å². The van der Waals surface area contributed by atoms with Crippen molar-refractivity contribution in [2.75, 3.05) is 7.11 Å². The van der Waals surface area contributed by atoms with E-state index in [1.54, 1.807) is 25.3 Å². The monoisotopic (exact) mass is 328 g/mol. The highest BCUT2D eigenvalue weighted by Gasteiger charge is 2.19. The third-order valence-corrected chi connectivity index (χ3v) is 5.53. The molecule has 0 saturated heterocycles. The Morgan fingerprint density at radius 2 is 2.19 bits per heavy atom. The van der Waals surface area contributed by atoms with Crippen molar-refractivity contribution in [1.82, 2.24) is 9.71 Å². The smallest absolute Gasteiger partial charge is 0.241 e. The summed E-state index contributed by atoms with van der Waals surface area (Å²) in [4.78, 5) is 5.50. The second-order valence-corrected chi connectivity index (χ2v) is 7.40. The van der Waals surface area contributed by atoms with Crippen LogP contribution in [-0.2, 0) is 23.2 Å². The molecule has 0 amide bonds. The minimum Gasteiger partial charge on any atom is -0.481 e. The lowest BCUT2D eigenvalue weighted by Gasteiger charge is -2.06. The van der Waals surface area contributed by atoms with Crippen LogP contribution in [0.15, 0.2) is 29.3 Å². The highest BCUT2D eigenvalue weighted by atomic mass is 32.2. The summed E-state index contributed by atoms with van der Waals surface area (Å²) >= 11 is 1.27. The maximum absolute atomic E-state index is 12.2. The summed E-state index contributed by atoms with van der Waals surface area (Å²) in [6.07, 6.45) is 1.56. The van der Waals surface area contributed by atoms with Gasteiger partial charge in [-0.25, -0.2) is 18.1 Å². The number of rotatable bonds is 6. The average molecular weight is 328 g/mol. The number of hydrogen-bond acceptors (Lipinski definition) is 6. The summed E-state index contributed by atoms with van der Waals surface area (Å²) in [7, 11) is -2.09. The summed E-state index contributed by atoms with van der Waals surface area (Å²) in [5, 5.41) is 9.07. The van der Waals surface area contributed by atoms with Gasteiger partial charge in [0.2, 0.25) is 15.9 Å². The topological polar surface area (TPSA) is 88.5 Å². The van der Waals surface area contributed by atoms with E-state index in [0.717, 1.165) is 5.56 Å². The quantitative estimate of drug-likeness (QED) is 0.837. The Balaban J connectivity index is 2.11. The summed E-state index contributed by atoms with van der Waals surface area (Å²) in [6, 6.07) is 4.91. The fourth-order valence-corrected chi connectivity index (χ4v) is 4.27. The maximum Gasteiger partial charge on any atom is 0.241 e. The van der Waals surface area contributed by atoms with E-state index in [2.05, 4.69) is 9.71 Å². The van der Waals surface area contributed by atoms with Crippen LogP contribution < -0.4 is 9.46 Å². The molecule has 2 aromatic rings. The third-order valence-electron chi connectivity index (χ3n) is 2.84. The van der Waals surface area contributed by atoms with Crippen LogP contribution in [0.25, 0.3) is 0 Å². The summed E-state index contributed by atoms with van der Waals surface area (Å²) < 4.78 is 32.0. The number of thiophene rings is 1. The number of aliphatic hydroxyl groups is 1. The van der Waals surface area contributed by atoms with Gasteiger partial charge in [-0.15, -0.1) is 11.3 Å². The van der Waals surface area contributed by atoms with E-state index in [9.17, 15) is 8.42 Å². The minimum atomic E-state index is -3.60. The van der Waals surface area contributed by atoms with Crippen molar-refractivity contribution < 1.29 is 18.3 Å². The number of pyridine rings is 1. The number of hydrogen-bond donors (Lipinski definition) is 2. The zero-order valence-corrected chi connectivity index (χ0v) is 13.3. The standard InChI is InChI=1S/C13H16N2O4S2/c1-9-12(5-11(8-16)20-9)21(17,18)15-7-10-3-4-13(19-2)14-6-10/h3-6,15-16H,7-8H2,1-2H3. The van der Waals surface area contributed by atoms with Crippen LogP contribution in [0.4, 0.5) is 0 Å². The Labute approximate surface area is 127 Å². The first kappa shape index (κ1) is 15.9. The molecule has 0 aliphatic rings. The van der Waals surface area contributed by atoms with Gasteiger partial charge in [0.05, 0.1) is 18.6 Å². The van der Waals surface area contributed by atoms with E-state index < -0.39 is 10.0 Å². The lowest BCUT2D eigenvalue weighted by atomic mass is 10.3. The van der Waals surface area contributed by atoms with E-state index in [-0.39, 0.29) is 18.0 Å². The summed E-state index contributed by atoms with van der Waals surface area (Å²) in [5.41, 5.74) is 0.731. The molecular weight excluding hydrogens is 312 g/mol. The molecule has 2 N–H and O–H groups in total. The largest absolute Gasteiger partial charge is 0.481 e. The lowest BCUT2D eigenvalue weighted by molar-refractivity contribution is 0.285. The fraction of sp³-hybridized carbons (Fsp3) is 0.308. The number of sulfonamides is 1. The third kappa shape index (κ3) is 3.79. The van der Waals surface area contributed by atoms with Gasteiger partial charge in [-0.2, -0.15) is 0 Å². The van der Waals surface area contributed by atoms with E-state index in [4.69, 9.17) is 9.84 Å². The number of ether oxygens (including phenoxy) is 1. The number of aryl methyl sites for hydroxylation is 1. The van der Waals surface area contributed by atoms with Crippen LogP contribution >= 0.6 is 11.3 Å². The zero-order chi connectivity index (χ0) is 15.5. The van der Waals surface area contributed by atoms with Gasteiger partial charge in [0.15, 0.2) is 0 Å². The normalized spacial score (nSPS) is 11.6. The van der Waals surface area contributed by atoms with E-state index in [1.807, 2.05) is 0 Å². The number of nitrogens with zero attached hydrogens (tertiary/aromatic N) is 1. The van der Waals surface area contributed by atoms with Gasteiger partial charge in [0.25, 0.3) is 0 Å². The molecule has 8 heteroatoms. The molecule has 0 aliphatic heterocycles. The first-order valence-corrected chi connectivity index (χ1v) is 8.45. The van der Waals surface area contributed by atoms with Crippen molar-refractivity contribution in [3.05, 3.63) is 39.7 Å². The van der Waals surface area contributed by atoms with Gasteiger partial charge in [0.1, 0.15) is 0 Å². The van der Waals surface area contributed by atoms with Gasteiger partial charge in [-0.05, 0) is 18.6 Å². The fourth-order valence-electron chi connectivity index (χ4n) is 1.76. The predicted octanol–water partition coefficient (Wildman–Crippen LogP) is 1.43. The van der Waals surface area contributed by atoms with Gasteiger partial charge < -0.3 is 9.84 Å². The van der Waals surface area contributed by atoms with Crippen molar-refractivity contribution in [2.45, 2.75) is 25.0 Å². The molecule has 0 aliphatic carbocycles. The maximum atomic E-state index is 12.2. The molecule has 0 atom stereocenters. The number of nitrogens with one attached hydrogen (secondary N) is 1. The van der Waals surface area contributed by atoms with Gasteiger partial charge in [0, 0.05) is 28.6 Å². The van der Waals surface area contributed by atoms with Crippen LogP contribution in [0, 0.1) is 6.92 Å². The van der Waals surface area contributed by atoms with Crippen molar-refractivity contribution in [3.8, 4) is 5.88 Å². The lowest BCUT2D eigenvalue weighted by Crippen LogP contribution is -2.23. The molecular formula is C13H16N2O4S2. The minimum absolute atomic E-state index is 0.142. The first-order valence-electron chi connectivity index (χ1n) is 6.15. The molecule has 21 heavy (non-hydrogen) atoms. The second-order valence-electron chi connectivity index (χ2n) is 4.32. The highest BCUT2D eigenvalue weighted by Crippen LogP contribution is 2.25. The molecule has 2 rings (SSSR count). The molecule has 0 aromatic carbocycles. The van der Waals surface area contributed by atoms with Crippen molar-refractivity contribution in [2.24, 2.45) is 0 Å². The van der Waals surface area contributed by atoms with Gasteiger partial charge >= 0.3 is 0 Å². The molecule has 6 nitrogen and oxygen atoms in total. The Bertz CT molecular complexity index is 708. The van der Waals surface area contributed by atoms with Crippen LogP contribution in [0.2, 0.25) is 0 Å². The van der Waals surface area contributed by atoms with Crippen LogP contribution in [0.5, 0.6) is 5.88 Å². The molecule has 0 saturated carbocycles. The number of aliphatic hydroxyl groups excluding tert-OH is 1. The van der Waals surface area contributed by atoms with Crippen molar-refractivity contribution in [1.29, 1.82) is 0 Å². The Kier molecular flexibility index (Phi) is 4.94. The molecule has 0 fully saturated rings. The molecule has 114 valence electrons. The number of aromatic nitrogens is 1. The summed E-state index contributed by atoms with van der Waals surface area (Å²) in [5.74, 6) is 0.475. The first-order chi connectivity index (χ1) is 9.96. The van der Waals surface area contributed by atoms with Gasteiger partial charge in [-0.3, -0.25) is 0 Å². The number of methoxy groups -OCH3 is 1. The van der Waals surface area contributed by atoms with E-state index in [1.165, 1.54) is 24.5 Å². The Morgan fingerprint density at radius 3 is 2.71 bits per heavy atom. The molecule has 2 heterocycles. The van der Waals surface area contributed by atoms with E-state index >= 15 is 0 Å². The van der Waals surface area contributed by atoms with Crippen molar-refractivity contribution >= 4 is 21.4 Å². The SMILES string of the molecule is COc1ccc(CNS(=O)(=O)c2cc(CO)sc2C)cn1. The average Bonchev–Trinajstić information content (AvgIpc) is 2.88. The predicted molar refractivity (Wildman–Crippen MR) is 79.8 cm³/mol. The van der Waals surface area contributed by atoms with E-state index in [0.29, 0.717) is 15.6 Å². The molecule has 0 radical (unpaired) electrons. The zero-order valence-electron chi connectivity index (χ0n) is 11.7. The van der Waals surface area contributed by atoms with Crippen LogP contribution in [0.3, 0.4) is 0 Å². The van der Waals surface area contributed by atoms with Crippen molar-refractivity contribution in [3.63, 3.8) is 0 Å². The highest BCUT2D eigenvalue weighted by molar-refractivity contribution is 7.89.